The summed E-state index contributed by atoms with van der Waals surface area (Å²) in [6.45, 7) is -0.852. The van der Waals surface area contributed by atoms with Crippen LogP contribution in [0.3, 0.4) is 0 Å². The molecular formula is C17H14Cl2FN3O3. The first-order valence-electron chi connectivity index (χ1n) is 7.68. The average molecular weight is 398 g/mol. The van der Waals surface area contributed by atoms with Crippen molar-refractivity contribution in [2.45, 2.75) is 12.6 Å². The van der Waals surface area contributed by atoms with Crippen LogP contribution >= 0.6 is 23.2 Å². The van der Waals surface area contributed by atoms with E-state index in [1.54, 1.807) is 24.3 Å². The Balaban J connectivity index is 1.87. The largest absolute Gasteiger partial charge is 0.394 e. The molecule has 26 heavy (non-hydrogen) atoms. The van der Waals surface area contributed by atoms with Gasteiger partial charge >= 0.3 is 0 Å². The summed E-state index contributed by atoms with van der Waals surface area (Å²) in [5.41, 5.74) is 0.748. The summed E-state index contributed by atoms with van der Waals surface area (Å²) < 4.78 is 14.1. The molecule has 1 fully saturated rings. The second kappa shape index (κ2) is 7.57. The highest BCUT2D eigenvalue weighted by Crippen LogP contribution is 2.25. The van der Waals surface area contributed by atoms with Crippen molar-refractivity contribution < 1.29 is 19.1 Å². The molecule has 9 heteroatoms. The number of pyridine rings is 1. The highest BCUT2D eigenvalue weighted by Gasteiger charge is 2.40. The lowest BCUT2D eigenvalue weighted by Crippen LogP contribution is -2.61. The summed E-state index contributed by atoms with van der Waals surface area (Å²) in [7, 11) is 0. The normalized spacial score (nSPS) is 17.8. The van der Waals surface area contributed by atoms with E-state index in [4.69, 9.17) is 23.2 Å². The Morgan fingerprint density at radius 2 is 1.88 bits per heavy atom. The van der Waals surface area contributed by atoms with Crippen molar-refractivity contribution in [2.75, 3.05) is 18.1 Å². The van der Waals surface area contributed by atoms with Crippen LogP contribution in [0.1, 0.15) is 5.56 Å². The van der Waals surface area contributed by atoms with Gasteiger partial charge in [0.05, 0.1) is 11.6 Å². The third kappa shape index (κ3) is 3.65. The van der Waals surface area contributed by atoms with Gasteiger partial charge in [-0.2, -0.15) is 0 Å². The summed E-state index contributed by atoms with van der Waals surface area (Å²) in [6.07, 6.45) is 1.19. The van der Waals surface area contributed by atoms with Crippen LogP contribution in [0.15, 0.2) is 36.5 Å². The maximum atomic E-state index is 14.1. The van der Waals surface area contributed by atoms with Gasteiger partial charge in [-0.15, -0.1) is 0 Å². The lowest BCUT2D eigenvalue weighted by molar-refractivity contribution is -0.145. The quantitative estimate of drug-likeness (QED) is 0.858. The summed E-state index contributed by atoms with van der Waals surface area (Å²) in [6, 6.07) is 6.66. The molecule has 2 aromatic rings. The molecule has 0 unspecified atom stereocenters. The predicted octanol–water partition coefficient (Wildman–Crippen LogP) is 2.26. The lowest BCUT2D eigenvalue weighted by Gasteiger charge is -2.39. The van der Waals surface area contributed by atoms with Gasteiger partial charge in [-0.05, 0) is 23.8 Å². The number of aromatic nitrogens is 1. The van der Waals surface area contributed by atoms with Crippen LogP contribution < -0.4 is 4.90 Å². The molecule has 1 aromatic heterocycles. The first-order chi connectivity index (χ1) is 12.4. The monoisotopic (exact) mass is 397 g/mol. The molecule has 136 valence electrons. The Morgan fingerprint density at radius 3 is 2.50 bits per heavy atom. The molecule has 1 aromatic carbocycles. The van der Waals surface area contributed by atoms with E-state index in [9.17, 15) is 19.1 Å². The van der Waals surface area contributed by atoms with Crippen molar-refractivity contribution in [3.63, 3.8) is 0 Å². The highest BCUT2D eigenvalue weighted by molar-refractivity contribution is 6.30. The Kier molecular flexibility index (Phi) is 5.41. The van der Waals surface area contributed by atoms with Crippen molar-refractivity contribution in [2.24, 2.45) is 0 Å². The van der Waals surface area contributed by atoms with Crippen molar-refractivity contribution >= 4 is 40.8 Å². The Labute approximate surface area is 158 Å². The van der Waals surface area contributed by atoms with E-state index in [0.29, 0.717) is 5.02 Å². The van der Waals surface area contributed by atoms with Gasteiger partial charge in [0, 0.05) is 17.8 Å². The van der Waals surface area contributed by atoms with E-state index in [1.165, 1.54) is 11.1 Å². The van der Waals surface area contributed by atoms with E-state index in [1.807, 2.05) is 0 Å². The fourth-order valence-corrected chi connectivity index (χ4v) is 3.01. The minimum atomic E-state index is -1.14. The van der Waals surface area contributed by atoms with Gasteiger partial charge in [0.15, 0.2) is 11.6 Å². The molecule has 1 N–H and O–H groups in total. The van der Waals surface area contributed by atoms with Crippen LogP contribution in [0.2, 0.25) is 10.0 Å². The third-order valence-corrected chi connectivity index (χ3v) is 4.48. The molecule has 0 bridgehead atoms. The minimum absolute atomic E-state index is 0.0742. The van der Waals surface area contributed by atoms with Crippen LogP contribution in [0.5, 0.6) is 0 Å². The molecule has 0 radical (unpaired) electrons. The number of hydrogen-bond donors (Lipinski definition) is 1. The van der Waals surface area contributed by atoms with Crippen LogP contribution in [-0.4, -0.2) is 46.0 Å². The van der Waals surface area contributed by atoms with Gasteiger partial charge in [0.2, 0.25) is 5.91 Å². The summed E-state index contributed by atoms with van der Waals surface area (Å²) in [5.74, 6) is -2.16. The number of aliphatic hydroxyl groups excluding tert-OH is 1. The molecule has 2 heterocycles. The van der Waals surface area contributed by atoms with Gasteiger partial charge in [-0.3, -0.25) is 14.5 Å². The number of aliphatic hydroxyl groups is 1. The maximum absolute atomic E-state index is 14.1. The smallest absolute Gasteiger partial charge is 0.253 e. The summed E-state index contributed by atoms with van der Waals surface area (Å²) in [5, 5.41) is 10.3. The number of nitrogens with zero attached hydrogens (tertiary/aromatic N) is 3. The van der Waals surface area contributed by atoms with Gasteiger partial charge in [0.1, 0.15) is 12.6 Å². The SMILES string of the molecule is O=C1[C@H](CO)N(Cc2ccc(Cl)cc2)C(=O)CN1c1ncc(Cl)cc1F. The Bertz CT molecular complexity index is 848. The van der Waals surface area contributed by atoms with Crippen LogP contribution in [0.25, 0.3) is 0 Å². The lowest BCUT2D eigenvalue weighted by atomic mass is 10.1. The molecule has 0 spiro atoms. The fraction of sp³-hybridized carbons (Fsp3) is 0.235. The molecule has 6 nitrogen and oxygen atoms in total. The van der Waals surface area contributed by atoms with E-state index in [0.717, 1.165) is 16.5 Å². The minimum Gasteiger partial charge on any atom is -0.394 e. The molecule has 0 saturated carbocycles. The second-order valence-corrected chi connectivity index (χ2v) is 6.60. The van der Waals surface area contributed by atoms with Gasteiger partial charge in [-0.25, -0.2) is 9.37 Å². The first-order valence-corrected chi connectivity index (χ1v) is 8.43. The molecule has 1 aliphatic heterocycles. The fourth-order valence-electron chi connectivity index (χ4n) is 2.74. The zero-order chi connectivity index (χ0) is 18.8. The van der Waals surface area contributed by atoms with E-state index < -0.39 is 30.3 Å². The first kappa shape index (κ1) is 18.6. The van der Waals surface area contributed by atoms with Crippen molar-refractivity contribution in [1.82, 2.24) is 9.88 Å². The standard InChI is InChI=1S/C17H14Cl2FN3O3/c18-11-3-1-10(2-4-11)7-22-14(9-24)17(26)23(8-15(22)25)16-13(20)5-12(19)6-21-16/h1-6,14,24H,7-9H2/t14-/m0/s1. The topological polar surface area (TPSA) is 73.7 Å². The zero-order valence-corrected chi connectivity index (χ0v) is 14.9. The van der Waals surface area contributed by atoms with Gasteiger partial charge in [0.25, 0.3) is 5.91 Å². The number of amides is 2. The second-order valence-electron chi connectivity index (χ2n) is 5.73. The number of anilines is 1. The summed E-state index contributed by atoms with van der Waals surface area (Å²) in [4.78, 5) is 31.3. The van der Waals surface area contributed by atoms with E-state index in [2.05, 4.69) is 4.98 Å². The molecule has 3 rings (SSSR count). The average Bonchev–Trinajstić information content (AvgIpc) is 2.60. The molecule has 1 aliphatic rings. The molecule has 1 atom stereocenters. The van der Waals surface area contributed by atoms with E-state index >= 15 is 0 Å². The number of carbonyl (C=O) groups excluding carboxylic acids is 2. The van der Waals surface area contributed by atoms with Crippen molar-refractivity contribution in [3.05, 3.63) is 58.0 Å². The highest BCUT2D eigenvalue weighted by atomic mass is 35.5. The van der Waals surface area contributed by atoms with Crippen LogP contribution in [-0.2, 0) is 16.1 Å². The van der Waals surface area contributed by atoms with Crippen molar-refractivity contribution in [1.29, 1.82) is 0 Å². The predicted molar refractivity (Wildman–Crippen MR) is 94.4 cm³/mol. The number of carbonyl (C=O) groups is 2. The molecule has 2 amide bonds. The maximum Gasteiger partial charge on any atom is 0.253 e. The molecular weight excluding hydrogens is 384 g/mol. The Hall–Kier alpha value is -2.22. The van der Waals surface area contributed by atoms with Crippen LogP contribution in [0.4, 0.5) is 10.2 Å². The zero-order valence-electron chi connectivity index (χ0n) is 13.4. The van der Waals surface area contributed by atoms with Gasteiger partial charge in [-0.1, -0.05) is 35.3 Å². The Morgan fingerprint density at radius 1 is 1.19 bits per heavy atom. The molecule has 1 saturated heterocycles. The van der Waals surface area contributed by atoms with Gasteiger partial charge < -0.3 is 10.0 Å². The third-order valence-electron chi connectivity index (χ3n) is 4.02. The number of piperazine rings is 1. The summed E-state index contributed by atoms with van der Waals surface area (Å²) >= 11 is 11.5. The number of halogens is 3. The van der Waals surface area contributed by atoms with Crippen LogP contribution in [0, 0.1) is 5.82 Å². The number of hydrogen-bond acceptors (Lipinski definition) is 4. The number of rotatable bonds is 4. The van der Waals surface area contributed by atoms with Crippen molar-refractivity contribution in [3.8, 4) is 0 Å². The number of benzene rings is 1. The van der Waals surface area contributed by atoms with E-state index in [-0.39, 0.29) is 23.9 Å². The molecule has 0 aliphatic carbocycles.